The van der Waals surface area contributed by atoms with Crippen LogP contribution < -0.4 is 15.2 Å². The van der Waals surface area contributed by atoms with Crippen molar-refractivity contribution >= 4 is 5.69 Å². The van der Waals surface area contributed by atoms with Crippen LogP contribution in [0.25, 0.3) is 0 Å². The third-order valence-electron chi connectivity index (χ3n) is 3.71. The van der Waals surface area contributed by atoms with Crippen LogP contribution in [0.5, 0.6) is 11.5 Å². The molecule has 0 saturated carbocycles. The van der Waals surface area contributed by atoms with Gasteiger partial charge in [-0.15, -0.1) is 0 Å². The highest BCUT2D eigenvalue weighted by atomic mass is 16.5. The second-order valence-electron chi connectivity index (χ2n) is 5.55. The van der Waals surface area contributed by atoms with E-state index in [0.717, 1.165) is 11.1 Å². The van der Waals surface area contributed by atoms with Crippen molar-refractivity contribution < 1.29 is 9.47 Å². The fourth-order valence-electron chi connectivity index (χ4n) is 2.37. The lowest BCUT2D eigenvalue weighted by molar-refractivity contribution is 0.256. The number of nitrogen functional groups attached to an aromatic ring is 1. The lowest BCUT2D eigenvalue weighted by atomic mass is 10.1. The molecule has 3 aromatic rings. The normalized spacial score (nSPS) is 10.0. The van der Waals surface area contributed by atoms with Crippen LogP contribution in [-0.2, 0) is 13.2 Å². The summed E-state index contributed by atoms with van der Waals surface area (Å²) >= 11 is 0. The Hall–Kier alpha value is -3.45. The summed E-state index contributed by atoms with van der Waals surface area (Å²) in [4.78, 5) is 0. The van der Waals surface area contributed by atoms with Gasteiger partial charge < -0.3 is 15.2 Å². The highest BCUT2D eigenvalue weighted by Crippen LogP contribution is 2.33. The van der Waals surface area contributed by atoms with Gasteiger partial charge >= 0.3 is 0 Å². The molecule has 3 aromatic carbocycles. The first-order valence-electron chi connectivity index (χ1n) is 7.93. The Kier molecular flexibility index (Phi) is 5.18. The van der Waals surface area contributed by atoms with Crippen molar-refractivity contribution in [2.75, 3.05) is 5.73 Å². The lowest BCUT2D eigenvalue weighted by Gasteiger charge is -2.14. The number of hydrogen-bond acceptors (Lipinski definition) is 4. The molecular weight excluding hydrogens is 312 g/mol. The fourth-order valence-corrected chi connectivity index (χ4v) is 2.37. The number of nitrogens with two attached hydrogens (primary N) is 1. The van der Waals surface area contributed by atoms with E-state index in [1.807, 2.05) is 60.7 Å². The Balaban J connectivity index is 1.80. The molecule has 0 aliphatic heterocycles. The Morgan fingerprint density at radius 2 is 1.24 bits per heavy atom. The van der Waals surface area contributed by atoms with Gasteiger partial charge in [0.15, 0.2) is 11.5 Å². The zero-order valence-electron chi connectivity index (χ0n) is 13.7. The molecule has 124 valence electrons. The van der Waals surface area contributed by atoms with Gasteiger partial charge in [0.1, 0.15) is 19.3 Å². The first-order valence-corrected chi connectivity index (χ1v) is 7.93. The molecule has 0 saturated heterocycles. The average molecular weight is 330 g/mol. The number of nitrogens with zero attached hydrogens (tertiary/aromatic N) is 1. The van der Waals surface area contributed by atoms with E-state index in [9.17, 15) is 5.26 Å². The first kappa shape index (κ1) is 16.4. The number of nitriles is 1. The summed E-state index contributed by atoms with van der Waals surface area (Å²) < 4.78 is 11.8. The molecule has 4 heteroatoms. The van der Waals surface area contributed by atoms with E-state index in [-0.39, 0.29) is 0 Å². The number of anilines is 1. The molecule has 0 heterocycles. The fraction of sp³-hybridized carbons (Fsp3) is 0.0952. The summed E-state index contributed by atoms with van der Waals surface area (Å²) in [7, 11) is 0. The molecule has 0 aliphatic rings. The third kappa shape index (κ3) is 4.30. The highest BCUT2D eigenvalue weighted by Gasteiger charge is 2.11. The summed E-state index contributed by atoms with van der Waals surface area (Å²) in [6, 6.07) is 25.0. The van der Waals surface area contributed by atoms with E-state index >= 15 is 0 Å². The van der Waals surface area contributed by atoms with E-state index in [1.54, 1.807) is 12.1 Å². The van der Waals surface area contributed by atoms with Crippen LogP contribution >= 0.6 is 0 Å². The average Bonchev–Trinajstić information content (AvgIpc) is 2.67. The zero-order valence-corrected chi connectivity index (χ0v) is 13.7. The van der Waals surface area contributed by atoms with E-state index in [1.165, 1.54) is 0 Å². The maximum Gasteiger partial charge on any atom is 0.163 e. The van der Waals surface area contributed by atoms with Gasteiger partial charge in [0.2, 0.25) is 0 Å². The van der Waals surface area contributed by atoms with Gasteiger partial charge in [-0.05, 0) is 11.1 Å². The van der Waals surface area contributed by atoms with Gasteiger partial charge in [-0.25, -0.2) is 0 Å². The lowest BCUT2D eigenvalue weighted by Crippen LogP contribution is -2.02. The van der Waals surface area contributed by atoms with Crippen LogP contribution in [0.4, 0.5) is 5.69 Å². The second-order valence-corrected chi connectivity index (χ2v) is 5.55. The van der Waals surface area contributed by atoms with Crippen molar-refractivity contribution in [3.63, 3.8) is 0 Å². The van der Waals surface area contributed by atoms with Crippen molar-refractivity contribution in [2.24, 2.45) is 0 Å². The molecule has 0 unspecified atom stereocenters. The Morgan fingerprint density at radius 3 is 1.72 bits per heavy atom. The van der Waals surface area contributed by atoms with E-state index < -0.39 is 0 Å². The highest BCUT2D eigenvalue weighted by molar-refractivity contribution is 5.62. The minimum Gasteiger partial charge on any atom is -0.485 e. The van der Waals surface area contributed by atoms with Crippen molar-refractivity contribution in [2.45, 2.75) is 13.2 Å². The third-order valence-corrected chi connectivity index (χ3v) is 3.71. The van der Waals surface area contributed by atoms with Gasteiger partial charge in [-0.2, -0.15) is 5.26 Å². The first-order chi connectivity index (χ1) is 12.3. The number of rotatable bonds is 6. The maximum absolute atomic E-state index is 9.20. The Morgan fingerprint density at radius 1 is 0.760 bits per heavy atom. The molecule has 4 nitrogen and oxygen atoms in total. The summed E-state index contributed by atoms with van der Waals surface area (Å²) in [6.07, 6.45) is 0. The molecule has 0 bridgehead atoms. The van der Waals surface area contributed by atoms with Crippen molar-refractivity contribution in [3.8, 4) is 17.6 Å². The van der Waals surface area contributed by atoms with Crippen molar-refractivity contribution in [3.05, 3.63) is 89.5 Å². The molecule has 0 radical (unpaired) electrons. The van der Waals surface area contributed by atoms with Gasteiger partial charge in [0, 0.05) is 12.1 Å². The van der Waals surface area contributed by atoms with Crippen LogP contribution in [0, 0.1) is 11.3 Å². The maximum atomic E-state index is 9.20. The minimum atomic E-state index is 0.370. The number of ether oxygens (including phenoxy) is 2. The van der Waals surface area contributed by atoms with Crippen LogP contribution in [-0.4, -0.2) is 0 Å². The Labute approximate surface area is 147 Å². The molecule has 0 spiro atoms. The molecule has 0 aliphatic carbocycles. The number of benzene rings is 3. The zero-order chi connectivity index (χ0) is 17.5. The van der Waals surface area contributed by atoms with E-state index in [0.29, 0.717) is 36.0 Å². The SMILES string of the molecule is N#Cc1cc(OCc2ccccc2)c(OCc2ccccc2)cc1N. The Bertz CT molecular complexity index is 872. The molecule has 3 rings (SSSR count). The van der Waals surface area contributed by atoms with Gasteiger partial charge in [-0.3, -0.25) is 0 Å². The summed E-state index contributed by atoms with van der Waals surface area (Å²) in [5, 5.41) is 9.20. The quantitative estimate of drug-likeness (QED) is 0.684. The van der Waals surface area contributed by atoms with Crippen LogP contribution in [0.15, 0.2) is 72.8 Å². The second kappa shape index (κ2) is 7.89. The van der Waals surface area contributed by atoms with Crippen LogP contribution in [0.1, 0.15) is 16.7 Å². The summed E-state index contributed by atoms with van der Waals surface area (Å²) in [5.41, 5.74) is 8.74. The monoisotopic (exact) mass is 330 g/mol. The topological polar surface area (TPSA) is 68.3 Å². The van der Waals surface area contributed by atoms with Crippen LogP contribution in [0.2, 0.25) is 0 Å². The molecular formula is C21H18N2O2. The minimum absolute atomic E-state index is 0.370. The van der Waals surface area contributed by atoms with Gasteiger partial charge in [0.25, 0.3) is 0 Å². The van der Waals surface area contributed by atoms with Crippen LogP contribution in [0.3, 0.4) is 0 Å². The number of hydrogen-bond donors (Lipinski definition) is 1. The van der Waals surface area contributed by atoms with Gasteiger partial charge in [-0.1, -0.05) is 60.7 Å². The standard InChI is InChI=1S/C21H18N2O2/c22-13-18-11-20(24-14-16-7-3-1-4-8-16)21(12-19(18)23)25-15-17-9-5-2-6-10-17/h1-12H,14-15,23H2. The van der Waals surface area contributed by atoms with Crippen molar-refractivity contribution in [1.82, 2.24) is 0 Å². The summed E-state index contributed by atoms with van der Waals surface area (Å²) in [6.45, 7) is 0.783. The predicted molar refractivity (Wildman–Crippen MR) is 97.1 cm³/mol. The largest absolute Gasteiger partial charge is 0.485 e. The smallest absolute Gasteiger partial charge is 0.163 e. The molecule has 0 aromatic heterocycles. The summed E-state index contributed by atoms with van der Waals surface area (Å²) in [5.74, 6) is 1.03. The molecule has 2 N–H and O–H groups in total. The van der Waals surface area contributed by atoms with Gasteiger partial charge in [0.05, 0.1) is 11.3 Å². The van der Waals surface area contributed by atoms with E-state index in [4.69, 9.17) is 15.2 Å². The molecule has 0 atom stereocenters. The molecule has 0 amide bonds. The molecule has 0 fully saturated rings. The predicted octanol–water partition coefficient (Wildman–Crippen LogP) is 4.30. The van der Waals surface area contributed by atoms with Crippen molar-refractivity contribution in [1.29, 1.82) is 5.26 Å². The van der Waals surface area contributed by atoms with E-state index in [2.05, 4.69) is 6.07 Å². The molecule has 25 heavy (non-hydrogen) atoms.